The summed E-state index contributed by atoms with van der Waals surface area (Å²) < 4.78 is 1.11. The Hall–Kier alpha value is -0.680. The van der Waals surface area contributed by atoms with Crippen LogP contribution in [0.2, 0.25) is 0 Å². The van der Waals surface area contributed by atoms with E-state index in [-0.39, 0.29) is 12.6 Å². The van der Waals surface area contributed by atoms with Gasteiger partial charge < -0.3 is 10.4 Å². The molecule has 90 valence electrons. The molecule has 2 N–H and O–H groups in total. The molecule has 0 aliphatic heterocycles. The van der Waals surface area contributed by atoms with Gasteiger partial charge in [-0.1, -0.05) is 30.3 Å². The van der Waals surface area contributed by atoms with Gasteiger partial charge in [0.1, 0.15) is 0 Å². The number of halogens is 1. The SMILES string of the molecule is OC[C@H](NCc1cc(Br)cs1)c1ccccc1. The van der Waals surface area contributed by atoms with Gasteiger partial charge in [-0.15, -0.1) is 11.3 Å². The maximum Gasteiger partial charge on any atom is 0.0626 e. The third-order valence-electron chi connectivity index (χ3n) is 2.53. The van der Waals surface area contributed by atoms with Crippen molar-refractivity contribution >= 4 is 27.3 Å². The van der Waals surface area contributed by atoms with Crippen LogP contribution >= 0.6 is 27.3 Å². The summed E-state index contributed by atoms with van der Waals surface area (Å²) in [6.45, 7) is 0.882. The number of hydrogen-bond acceptors (Lipinski definition) is 3. The number of benzene rings is 1. The summed E-state index contributed by atoms with van der Waals surface area (Å²) in [5, 5.41) is 14.8. The van der Waals surface area contributed by atoms with Gasteiger partial charge in [0.25, 0.3) is 0 Å². The molecule has 0 bridgehead atoms. The first-order chi connectivity index (χ1) is 8.29. The molecule has 0 aliphatic carbocycles. The molecule has 0 saturated heterocycles. The predicted octanol–water partition coefficient (Wildman–Crippen LogP) is 3.33. The molecule has 2 rings (SSSR count). The van der Waals surface area contributed by atoms with Crippen LogP contribution in [-0.2, 0) is 6.54 Å². The lowest BCUT2D eigenvalue weighted by molar-refractivity contribution is 0.244. The minimum absolute atomic E-state index is 0.00271. The first kappa shape index (κ1) is 12.8. The van der Waals surface area contributed by atoms with Crippen LogP contribution in [0.25, 0.3) is 0 Å². The number of aliphatic hydroxyl groups is 1. The standard InChI is InChI=1S/C13H14BrNOS/c14-11-6-12(17-9-11)7-15-13(8-16)10-4-2-1-3-5-10/h1-6,9,13,15-16H,7-8H2/t13-/m0/s1. The number of nitrogens with one attached hydrogen (secondary N) is 1. The van der Waals surface area contributed by atoms with Gasteiger partial charge in [-0.3, -0.25) is 0 Å². The minimum Gasteiger partial charge on any atom is -0.394 e. The predicted molar refractivity (Wildman–Crippen MR) is 75.1 cm³/mol. The Morgan fingerprint density at radius 2 is 2.06 bits per heavy atom. The fourth-order valence-corrected chi connectivity index (χ4v) is 3.05. The van der Waals surface area contributed by atoms with Crippen molar-refractivity contribution in [2.24, 2.45) is 0 Å². The number of thiophene rings is 1. The van der Waals surface area contributed by atoms with Crippen LogP contribution in [0.15, 0.2) is 46.3 Å². The number of aliphatic hydroxyl groups excluding tert-OH is 1. The van der Waals surface area contributed by atoms with Gasteiger partial charge in [0.15, 0.2) is 0 Å². The van der Waals surface area contributed by atoms with Crippen molar-refractivity contribution in [1.82, 2.24) is 5.32 Å². The van der Waals surface area contributed by atoms with Crippen LogP contribution in [0.5, 0.6) is 0 Å². The summed E-state index contributed by atoms with van der Waals surface area (Å²) in [5.41, 5.74) is 1.12. The average Bonchev–Trinajstić information content (AvgIpc) is 2.77. The highest BCUT2D eigenvalue weighted by Gasteiger charge is 2.09. The Kier molecular flexibility index (Phi) is 4.74. The van der Waals surface area contributed by atoms with E-state index in [1.165, 1.54) is 4.88 Å². The molecule has 0 radical (unpaired) electrons. The van der Waals surface area contributed by atoms with Crippen molar-refractivity contribution in [1.29, 1.82) is 0 Å². The van der Waals surface area contributed by atoms with Crippen LogP contribution in [0, 0.1) is 0 Å². The summed E-state index contributed by atoms with van der Waals surface area (Å²) in [6.07, 6.45) is 0. The zero-order valence-electron chi connectivity index (χ0n) is 9.27. The van der Waals surface area contributed by atoms with Crippen molar-refractivity contribution in [3.63, 3.8) is 0 Å². The van der Waals surface area contributed by atoms with Crippen molar-refractivity contribution < 1.29 is 5.11 Å². The lowest BCUT2D eigenvalue weighted by atomic mass is 10.1. The van der Waals surface area contributed by atoms with Gasteiger partial charge in [-0.25, -0.2) is 0 Å². The van der Waals surface area contributed by atoms with E-state index < -0.39 is 0 Å². The highest BCUT2D eigenvalue weighted by molar-refractivity contribution is 9.10. The van der Waals surface area contributed by atoms with Crippen LogP contribution in [0.1, 0.15) is 16.5 Å². The molecule has 2 nitrogen and oxygen atoms in total. The van der Waals surface area contributed by atoms with Crippen molar-refractivity contribution in [2.45, 2.75) is 12.6 Å². The van der Waals surface area contributed by atoms with E-state index in [0.29, 0.717) is 0 Å². The molecular formula is C13H14BrNOS. The van der Waals surface area contributed by atoms with Gasteiger partial charge in [0.05, 0.1) is 12.6 Å². The molecule has 0 fully saturated rings. The molecule has 0 aliphatic rings. The van der Waals surface area contributed by atoms with E-state index in [2.05, 4.69) is 32.7 Å². The molecule has 1 aromatic heterocycles. The molecular weight excluding hydrogens is 298 g/mol. The molecule has 2 aromatic rings. The van der Waals surface area contributed by atoms with Gasteiger partial charge in [0.2, 0.25) is 0 Å². The van der Waals surface area contributed by atoms with Crippen molar-refractivity contribution in [3.8, 4) is 0 Å². The molecule has 1 heterocycles. The maximum absolute atomic E-state index is 9.39. The molecule has 0 saturated carbocycles. The molecule has 1 atom stereocenters. The van der Waals surface area contributed by atoms with E-state index in [4.69, 9.17) is 0 Å². The number of rotatable bonds is 5. The Bertz CT molecular complexity index is 457. The lowest BCUT2D eigenvalue weighted by Gasteiger charge is -2.15. The quantitative estimate of drug-likeness (QED) is 0.887. The second-order valence-electron chi connectivity index (χ2n) is 3.76. The smallest absolute Gasteiger partial charge is 0.0626 e. The van der Waals surface area contributed by atoms with Crippen LogP contribution in [0.3, 0.4) is 0 Å². The van der Waals surface area contributed by atoms with Crippen molar-refractivity contribution in [2.75, 3.05) is 6.61 Å². The zero-order valence-corrected chi connectivity index (χ0v) is 11.7. The fraction of sp³-hybridized carbons (Fsp3) is 0.231. The monoisotopic (exact) mass is 311 g/mol. The van der Waals surface area contributed by atoms with Gasteiger partial charge in [0, 0.05) is 21.3 Å². The minimum atomic E-state index is -0.00271. The summed E-state index contributed by atoms with van der Waals surface area (Å²) in [6, 6.07) is 12.1. The maximum atomic E-state index is 9.39. The van der Waals surface area contributed by atoms with E-state index in [1.807, 2.05) is 30.3 Å². The van der Waals surface area contributed by atoms with E-state index in [1.54, 1.807) is 11.3 Å². The van der Waals surface area contributed by atoms with Gasteiger partial charge in [-0.2, -0.15) is 0 Å². The third-order valence-corrected chi connectivity index (χ3v) is 4.23. The summed E-state index contributed by atoms with van der Waals surface area (Å²) in [5.74, 6) is 0. The van der Waals surface area contributed by atoms with E-state index >= 15 is 0 Å². The Morgan fingerprint density at radius 3 is 2.65 bits per heavy atom. The highest BCUT2D eigenvalue weighted by atomic mass is 79.9. The van der Waals surface area contributed by atoms with E-state index in [0.717, 1.165) is 16.6 Å². The summed E-state index contributed by atoms with van der Waals surface area (Å²) in [7, 11) is 0. The third kappa shape index (κ3) is 3.64. The van der Waals surface area contributed by atoms with Crippen LogP contribution < -0.4 is 5.32 Å². The highest BCUT2D eigenvalue weighted by Crippen LogP contribution is 2.20. The van der Waals surface area contributed by atoms with Crippen molar-refractivity contribution in [3.05, 3.63) is 56.7 Å². The lowest BCUT2D eigenvalue weighted by Crippen LogP contribution is -2.23. The van der Waals surface area contributed by atoms with Gasteiger partial charge >= 0.3 is 0 Å². The first-order valence-electron chi connectivity index (χ1n) is 5.41. The normalized spacial score (nSPS) is 12.6. The molecule has 0 amide bonds. The number of hydrogen-bond donors (Lipinski definition) is 2. The Balaban J connectivity index is 1.97. The topological polar surface area (TPSA) is 32.3 Å². The molecule has 17 heavy (non-hydrogen) atoms. The Morgan fingerprint density at radius 1 is 1.29 bits per heavy atom. The zero-order chi connectivity index (χ0) is 12.1. The summed E-state index contributed by atoms with van der Waals surface area (Å²) >= 11 is 5.14. The second-order valence-corrected chi connectivity index (χ2v) is 5.67. The second kappa shape index (κ2) is 6.31. The van der Waals surface area contributed by atoms with Crippen LogP contribution in [0.4, 0.5) is 0 Å². The molecule has 0 spiro atoms. The Labute approximate surface area is 113 Å². The van der Waals surface area contributed by atoms with Crippen LogP contribution in [-0.4, -0.2) is 11.7 Å². The van der Waals surface area contributed by atoms with Gasteiger partial charge in [-0.05, 0) is 27.6 Å². The average molecular weight is 312 g/mol. The summed E-state index contributed by atoms with van der Waals surface area (Å²) in [4.78, 5) is 1.26. The van der Waals surface area contributed by atoms with E-state index in [9.17, 15) is 5.11 Å². The molecule has 1 aromatic carbocycles. The largest absolute Gasteiger partial charge is 0.394 e. The molecule has 4 heteroatoms. The first-order valence-corrected chi connectivity index (χ1v) is 7.09. The fourth-order valence-electron chi connectivity index (χ4n) is 1.64. The molecule has 0 unspecified atom stereocenters.